The fourth-order valence-electron chi connectivity index (χ4n) is 1.16. The number of hydrogen-bond acceptors (Lipinski definition) is 3. The molecule has 3 nitrogen and oxygen atoms in total. The van der Waals surface area contributed by atoms with Crippen LogP contribution in [0.4, 0.5) is 19.0 Å². The van der Waals surface area contributed by atoms with Crippen LogP contribution in [0.25, 0.3) is 0 Å². The van der Waals surface area contributed by atoms with Crippen LogP contribution in [0.3, 0.4) is 0 Å². The van der Waals surface area contributed by atoms with E-state index in [1.165, 1.54) is 7.11 Å². The first-order valence-electron chi connectivity index (χ1n) is 4.83. The van der Waals surface area contributed by atoms with Gasteiger partial charge < -0.3 is 10.1 Å². The molecule has 96 valence electrons. The molecule has 0 fully saturated rings. The van der Waals surface area contributed by atoms with Crippen molar-refractivity contribution in [2.45, 2.75) is 11.6 Å². The fourth-order valence-corrected chi connectivity index (χ4v) is 1.36. The van der Waals surface area contributed by atoms with E-state index >= 15 is 0 Å². The van der Waals surface area contributed by atoms with Crippen molar-refractivity contribution in [1.29, 1.82) is 0 Å². The maximum absolute atomic E-state index is 12.4. The van der Waals surface area contributed by atoms with Gasteiger partial charge in [-0.05, 0) is 12.1 Å². The molecule has 0 aromatic carbocycles. The molecule has 1 atom stereocenters. The Balaban J connectivity index is 2.60. The highest BCUT2D eigenvalue weighted by Gasteiger charge is 2.30. The van der Waals surface area contributed by atoms with E-state index in [1.807, 2.05) is 0 Å². The summed E-state index contributed by atoms with van der Waals surface area (Å²) in [6, 6.07) is 1.86. The number of ether oxygens (including phenoxy) is 1. The van der Waals surface area contributed by atoms with Crippen LogP contribution in [0.15, 0.2) is 18.3 Å². The van der Waals surface area contributed by atoms with Gasteiger partial charge in [-0.3, -0.25) is 0 Å². The van der Waals surface area contributed by atoms with Crippen molar-refractivity contribution in [1.82, 2.24) is 4.98 Å². The molecule has 0 aliphatic carbocycles. The predicted molar refractivity (Wildman–Crippen MR) is 59.2 cm³/mol. The minimum absolute atomic E-state index is 0.140. The SMILES string of the molecule is COCC(Cl)CNc1cc(C(F)(F)F)ccn1. The van der Waals surface area contributed by atoms with Crippen LogP contribution in [0.2, 0.25) is 0 Å². The molecule has 17 heavy (non-hydrogen) atoms. The van der Waals surface area contributed by atoms with Crippen LogP contribution in [0.5, 0.6) is 0 Å². The van der Waals surface area contributed by atoms with Crippen molar-refractivity contribution in [2.24, 2.45) is 0 Å². The van der Waals surface area contributed by atoms with Crippen molar-refractivity contribution in [3.8, 4) is 0 Å². The molecule has 0 aliphatic heterocycles. The summed E-state index contributed by atoms with van der Waals surface area (Å²) in [5.41, 5.74) is -0.743. The standard InChI is InChI=1S/C10H12ClF3N2O/c1-17-6-8(11)5-16-9-4-7(2-3-15-9)10(12,13)14/h2-4,8H,5-6H2,1H3,(H,15,16). The summed E-state index contributed by atoms with van der Waals surface area (Å²) < 4.78 is 42.0. The zero-order valence-electron chi connectivity index (χ0n) is 9.09. The number of aromatic nitrogens is 1. The highest BCUT2D eigenvalue weighted by molar-refractivity contribution is 6.21. The lowest BCUT2D eigenvalue weighted by atomic mass is 10.2. The molecule has 1 aromatic heterocycles. The highest BCUT2D eigenvalue weighted by Crippen LogP contribution is 2.29. The van der Waals surface area contributed by atoms with E-state index in [2.05, 4.69) is 10.3 Å². The zero-order chi connectivity index (χ0) is 12.9. The Bertz CT molecular complexity index is 360. The Kier molecular flexibility index (Phi) is 5.02. The van der Waals surface area contributed by atoms with Crippen molar-refractivity contribution in [3.05, 3.63) is 23.9 Å². The monoisotopic (exact) mass is 268 g/mol. The first kappa shape index (κ1) is 14.1. The van der Waals surface area contributed by atoms with E-state index in [4.69, 9.17) is 16.3 Å². The summed E-state index contributed by atoms with van der Waals surface area (Å²) in [5.74, 6) is 0.140. The van der Waals surface area contributed by atoms with Crippen LogP contribution >= 0.6 is 11.6 Å². The van der Waals surface area contributed by atoms with Gasteiger partial charge in [-0.1, -0.05) is 0 Å². The second-order valence-corrected chi connectivity index (χ2v) is 3.98. The quantitative estimate of drug-likeness (QED) is 0.834. The molecule has 1 aromatic rings. The summed E-state index contributed by atoms with van der Waals surface area (Å²) in [5, 5.41) is 2.40. The largest absolute Gasteiger partial charge is 0.416 e. The molecule has 1 unspecified atom stereocenters. The van der Waals surface area contributed by atoms with E-state index in [1.54, 1.807) is 0 Å². The van der Waals surface area contributed by atoms with Gasteiger partial charge in [0.1, 0.15) is 5.82 Å². The fraction of sp³-hybridized carbons (Fsp3) is 0.500. The summed E-state index contributed by atoms with van der Waals surface area (Å²) in [4.78, 5) is 3.77. The molecular weight excluding hydrogens is 257 g/mol. The number of pyridine rings is 1. The average molecular weight is 269 g/mol. The maximum Gasteiger partial charge on any atom is 0.416 e. The number of halogens is 4. The number of nitrogens with one attached hydrogen (secondary N) is 1. The third kappa shape index (κ3) is 4.79. The Hall–Kier alpha value is -1.01. The van der Waals surface area contributed by atoms with Gasteiger partial charge >= 0.3 is 6.18 Å². The van der Waals surface area contributed by atoms with Gasteiger partial charge in [0, 0.05) is 19.9 Å². The number of alkyl halides is 4. The molecular formula is C10H12ClF3N2O. The first-order chi connectivity index (χ1) is 7.93. The van der Waals surface area contributed by atoms with Crippen LogP contribution in [0, 0.1) is 0 Å². The van der Waals surface area contributed by atoms with Crippen LogP contribution in [0.1, 0.15) is 5.56 Å². The van der Waals surface area contributed by atoms with Crippen LogP contribution in [-0.4, -0.2) is 30.6 Å². The highest BCUT2D eigenvalue weighted by atomic mass is 35.5. The van der Waals surface area contributed by atoms with E-state index < -0.39 is 11.7 Å². The Morgan fingerprint density at radius 3 is 2.82 bits per heavy atom. The molecule has 0 amide bonds. The molecule has 0 bridgehead atoms. The molecule has 0 spiro atoms. The van der Waals surface area contributed by atoms with Crippen molar-refractivity contribution >= 4 is 17.4 Å². The molecule has 0 saturated carbocycles. The number of nitrogens with zero attached hydrogens (tertiary/aromatic N) is 1. The molecule has 1 rings (SSSR count). The lowest BCUT2D eigenvalue weighted by Gasteiger charge is -2.12. The topological polar surface area (TPSA) is 34.1 Å². The Morgan fingerprint density at radius 2 is 2.24 bits per heavy atom. The molecule has 0 saturated heterocycles. The van der Waals surface area contributed by atoms with E-state index in [0.717, 1.165) is 18.3 Å². The average Bonchev–Trinajstić information content (AvgIpc) is 2.26. The smallest absolute Gasteiger partial charge is 0.383 e. The number of hydrogen-bond donors (Lipinski definition) is 1. The van der Waals surface area contributed by atoms with E-state index in [9.17, 15) is 13.2 Å². The van der Waals surface area contributed by atoms with Gasteiger partial charge in [0.2, 0.25) is 0 Å². The van der Waals surface area contributed by atoms with Gasteiger partial charge in [-0.15, -0.1) is 11.6 Å². The Labute approximate surface area is 102 Å². The van der Waals surface area contributed by atoms with Gasteiger partial charge in [0.05, 0.1) is 17.5 Å². The number of methoxy groups -OCH3 is 1. The first-order valence-corrected chi connectivity index (χ1v) is 5.27. The predicted octanol–water partition coefficient (Wildman–Crippen LogP) is 2.77. The zero-order valence-corrected chi connectivity index (χ0v) is 9.85. The molecule has 7 heteroatoms. The van der Waals surface area contributed by atoms with Gasteiger partial charge in [0.25, 0.3) is 0 Å². The third-order valence-corrected chi connectivity index (χ3v) is 2.22. The second-order valence-electron chi connectivity index (χ2n) is 3.36. The van der Waals surface area contributed by atoms with Crippen molar-refractivity contribution in [3.63, 3.8) is 0 Å². The second kappa shape index (κ2) is 6.07. The van der Waals surface area contributed by atoms with Gasteiger partial charge in [0.15, 0.2) is 0 Å². The third-order valence-electron chi connectivity index (χ3n) is 1.94. The van der Waals surface area contributed by atoms with E-state index in [0.29, 0.717) is 6.61 Å². The maximum atomic E-state index is 12.4. The molecule has 0 radical (unpaired) electrons. The molecule has 1 heterocycles. The minimum Gasteiger partial charge on any atom is -0.383 e. The van der Waals surface area contributed by atoms with Gasteiger partial charge in [-0.2, -0.15) is 13.2 Å². The van der Waals surface area contributed by atoms with Crippen LogP contribution in [-0.2, 0) is 10.9 Å². The summed E-state index contributed by atoms with van der Waals surface area (Å²) in [7, 11) is 1.50. The number of anilines is 1. The van der Waals surface area contributed by atoms with Crippen LogP contribution < -0.4 is 5.32 Å². The van der Waals surface area contributed by atoms with Crippen molar-refractivity contribution < 1.29 is 17.9 Å². The lowest BCUT2D eigenvalue weighted by molar-refractivity contribution is -0.137. The summed E-state index contributed by atoms with van der Waals surface area (Å²) in [6.45, 7) is 0.594. The van der Waals surface area contributed by atoms with E-state index in [-0.39, 0.29) is 17.7 Å². The lowest BCUT2D eigenvalue weighted by Crippen LogP contribution is -2.19. The normalized spacial score (nSPS) is 13.5. The number of rotatable bonds is 5. The molecule has 1 N–H and O–H groups in total. The Morgan fingerprint density at radius 1 is 1.53 bits per heavy atom. The summed E-state index contributed by atoms with van der Waals surface area (Å²) >= 11 is 5.82. The molecule has 0 aliphatic rings. The summed E-state index contributed by atoms with van der Waals surface area (Å²) in [6.07, 6.45) is -3.27. The van der Waals surface area contributed by atoms with Gasteiger partial charge in [-0.25, -0.2) is 4.98 Å². The van der Waals surface area contributed by atoms with Crippen molar-refractivity contribution in [2.75, 3.05) is 25.6 Å². The minimum atomic E-state index is -4.37.